The number of morpholine rings is 1. The number of carbonyl (C=O) groups is 2. The fourth-order valence-corrected chi connectivity index (χ4v) is 4.46. The van der Waals surface area contributed by atoms with Crippen LogP contribution in [0.1, 0.15) is 23.9 Å². The molecule has 0 spiro atoms. The maximum atomic E-state index is 12.8. The van der Waals surface area contributed by atoms with Crippen molar-refractivity contribution in [3.8, 4) is 0 Å². The number of pyridine rings is 1. The summed E-state index contributed by atoms with van der Waals surface area (Å²) in [6.07, 6.45) is 16.1. The first-order valence-corrected chi connectivity index (χ1v) is 13.7. The molecule has 1 unspecified atom stereocenters. The minimum atomic E-state index is -0.675. The average molecular weight is 551 g/mol. The highest BCUT2D eigenvalue weighted by molar-refractivity contribution is 8.07. The van der Waals surface area contributed by atoms with Gasteiger partial charge in [-0.05, 0) is 31.4 Å². The van der Waals surface area contributed by atoms with Gasteiger partial charge in [0.15, 0.2) is 12.4 Å². The van der Waals surface area contributed by atoms with Crippen molar-refractivity contribution in [2.45, 2.75) is 19.5 Å². The number of allylic oxidation sites excluding steroid dienone is 1. The van der Waals surface area contributed by atoms with E-state index in [4.69, 9.17) is 4.74 Å². The van der Waals surface area contributed by atoms with E-state index in [1.54, 1.807) is 30.5 Å². The van der Waals surface area contributed by atoms with Crippen LogP contribution in [-0.4, -0.2) is 71.2 Å². The Morgan fingerprint density at radius 2 is 2.10 bits per heavy atom. The number of hydrogen-bond donors (Lipinski definition) is 2. The Hall–Kier alpha value is -3.96. The number of amides is 2. The minimum Gasteiger partial charge on any atom is -0.377 e. The lowest BCUT2D eigenvalue weighted by molar-refractivity contribution is -0.671. The number of nitrogens with one attached hydrogen (secondary N) is 2. The number of aliphatic imine (C=N–C) groups is 1. The van der Waals surface area contributed by atoms with Crippen molar-refractivity contribution in [2.24, 2.45) is 12.0 Å². The molecule has 11 heteroatoms. The molecule has 2 aromatic heterocycles. The molecule has 0 aromatic carbocycles. The van der Waals surface area contributed by atoms with Gasteiger partial charge in [-0.1, -0.05) is 13.2 Å². The number of imidazole rings is 1. The van der Waals surface area contributed by atoms with Crippen molar-refractivity contribution >= 4 is 47.0 Å². The Bertz CT molecular complexity index is 1260. The van der Waals surface area contributed by atoms with Gasteiger partial charge in [-0.25, -0.2) is 14.5 Å². The zero-order chi connectivity index (χ0) is 28.2. The van der Waals surface area contributed by atoms with Crippen LogP contribution in [0.15, 0.2) is 67.0 Å². The molecule has 10 nitrogen and oxygen atoms in total. The lowest BCUT2D eigenvalue weighted by Gasteiger charge is -2.33. The molecule has 2 aromatic rings. The standard InChI is InChI=1S/C28H35N7O3S/c1-6-23-24(16-21(3)31-19-29-17-26(39-5)22-8-11-33(4)12-9-22)34(20-32-23)13-10-30-28(37)25-18-38-15-14-35(25)27(36)7-2/h6-9,11-12,16-17,19-20,25H,1-2,10,13-15,18H2,3-5H3,(H,30,37)/p+1/b21-16+. The van der Waals surface area contributed by atoms with E-state index in [1.807, 2.05) is 54.0 Å². The molecular formula is C28H36N7O3S+. The molecule has 2 amide bonds. The van der Waals surface area contributed by atoms with Gasteiger partial charge in [0, 0.05) is 54.1 Å². The van der Waals surface area contributed by atoms with E-state index in [1.165, 1.54) is 11.0 Å². The summed E-state index contributed by atoms with van der Waals surface area (Å²) in [7, 11) is 1.98. The van der Waals surface area contributed by atoms with Gasteiger partial charge in [0.2, 0.25) is 11.8 Å². The number of nitrogens with zero attached hydrogens (tertiary/aromatic N) is 5. The van der Waals surface area contributed by atoms with Crippen LogP contribution in [0.25, 0.3) is 17.1 Å². The van der Waals surface area contributed by atoms with Crippen LogP contribution in [0.4, 0.5) is 0 Å². The smallest absolute Gasteiger partial charge is 0.246 e. The molecule has 0 saturated carbocycles. The predicted molar refractivity (Wildman–Crippen MR) is 156 cm³/mol. The second-order valence-electron chi connectivity index (χ2n) is 8.73. The molecule has 39 heavy (non-hydrogen) atoms. The van der Waals surface area contributed by atoms with E-state index in [2.05, 4.69) is 45.9 Å². The molecule has 1 aliphatic rings. The fraction of sp³-hybridized carbons (Fsp3) is 0.321. The Labute approximate surface area is 233 Å². The number of rotatable bonds is 12. The zero-order valence-electron chi connectivity index (χ0n) is 22.7. The van der Waals surface area contributed by atoms with Gasteiger partial charge >= 0.3 is 0 Å². The zero-order valence-corrected chi connectivity index (χ0v) is 23.5. The second kappa shape index (κ2) is 14.8. The van der Waals surface area contributed by atoms with E-state index in [0.717, 1.165) is 27.6 Å². The van der Waals surface area contributed by atoms with Gasteiger partial charge in [0.1, 0.15) is 13.1 Å². The molecule has 1 atom stereocenters. The van der Waals surface area contributed by atoms with Crippen molar-refractivity contribution in [2.75, 3.05) is 32.6 Å². The largest absolute Gasteiger partial charge is 0.377 e. The molecule has 206 valence electrons. The van der Waals surface area contributed by atoms with Crippen LogP contribution in [0.5, 0.6) is 0 Å². The molecule has 2 N–H and O–H groups in total. The SMILES string of the molecule is C=CC(=O)N1CCOCC1C(=O)NCCn1cnc(C=C)c1/C=C(\C)NC=N/C=C(\SC)c1cc[n+](C)cc1. The average Bonchev–Trinajstić information content (AvgIpc) is 3.34. The molecule has 3 rings (SSSR count). The summed E-state index contributed by atoms with van der Waals surface area (Å²) in [5.41, 5.74) is 3.54. The van der Waals surface area contributed by atoms with Crippen LogP contribution in [0, 0.1) is 0 Å². The maximum Gasteiger partial charge on any atom is 0.246 e. The van der Waals surface area contributed by atoms with Gasteiger partial charge < -0.3 is 24.8 Å². The van der Waals surface area contributed by atoms with E-state index >= 15 is 0 Å². The van der Waals surface area contributed by atoms with Crippen molar-refractivity contribution in [1.82, 2.24) is 25.1 Å². The highest BCUT2D eigenvalue weighted by atomic mass is 32.2. The van der Waals surface area contributed by atoms with Gasteiger partial charge in [-0.3, -0.25) is 9.59 Å². The summed E-state index contributed by atoms with van der Waals surface area (Å²) >= 11 is 1.63. The first-order valence-electron chi connectivity index (χ1n) is 12.5. The fourth-order valence-electron chi connectivity index (χ4n) is 3.92. The Kier molecular flexibility index (Phi) is 11.3. The number of aryl methyl sites for hydroxylation is 1. The quantitative estimate of drug-likeness (QED) is 0.182. The first-order chi connectivity index (χ1) is 18.9. The lowest BCUT2D eigenvalue weighted by atomic mass is 10.2. The van der Waals surface area contributed by atoms with Crippen LogP contribution in [0.2, 0.25) is 0 Å². The summed E-state index contributed by atoms with van der Waals surface area (Å²) in [6, 6.07) is 3.43. The number of hydrogen-bond acceptors (Lipinski definition) is 6. The number of thioether (sulfide) groups is 1. The second-order valence-corrected chi connectivity index (χ2v) is 9.58. The van der Waals surface area contributed by atoms with Crippen LogP contribution >= 0.6 is 11.8 Å². The van der Waals surface area contributed by atoms with E-state index in [0.29, 0.717) is 26.2 Å². The summed E-state index contributed by atoms with van der Waals surface area (Å²) in [5, 5.41) is 6.09. The third-order valence-electron chi connectivity index (χ3n) is 6.04. The van der Waals surface area contributed by atoms with Gasteiger partial charge in [-0.15, -0.1) is 11.8 Å². The molecule has 0 radical (unpaired) electrons. The van der Waals surface area contributed by atoms with Gasteiger partial charge in [0.25, 0.3) is 0 Å². The monoisotopic (exact) mass is 550 g/mol. The predicted octanol–water partition coefficient (Wildman–Crippen LogP) is 2.22. The highest BCUT2D eigenvalue weighted by Gasteiger charge is 2.31. The number of aromatic nitrogens is 3. The summed E-state index contributed by atoms with van der Waals surface area (Å²) < 4.78 is 9.34. The normalized spacial score (nSPS) is 16.3. The molecule has 1 aliphatic heterocycles. The molecule has 3 heterocycles. The van der Waals surface area contributed by atoms with Crippen LogP contribution in [0.3, 0.4) is 0 Å². The van der Waals surface area contributed by atoms with Gasteiger partial charge in [0.05, 0.1) is 37.3 Å². The summed E-state index contributed by atoms with van der Waals surface area (Å²) in [6.45, 7) is 11.1. The third-order valence-corrected chi connectivity index (χ3v) is 6.82. The molecule has 1 fully saturated rings. The van der Waals surface area contributed by atoms with Gasteiger partial charge in [-0.2, -0.15) is 0 Å². The van der Waals surface area contributed by atoms with E-state index in [-0.39, 0.29) is 18.4 Å². The number of carbonyl (C=O) groups excluding carboxylic acids is 2. The number of ether oxygens (including phenoxy) is 1. The Balaban J connectivity index is 1.61. The van der Waals surface area contributed by atoms with Crippen molar-refractivity contribution in [1.29, 1.82) is 0 Å². The minimum absolute atomic E-state index is 0.162. The molecule has 0 aliphatic carbocycles. The topological polar surface area (TPSA) is 105 Å². The maximum absolute atomic E-state index is 12.8. The van der Waals surface area contributed by atoms with E-state index in [9.17, 15) is 9.59 Å². The van der Waals surface area contributed by atoms with Crippen LogP contribution in [-0.2, 0) is 27.9 Å². The Morgan fingerprint density at radius 1 is 1.33 bits per heavy atom. The molecular weight excluding hydrogens is 514 g/mol. The van der Waals surface area contributed by atoms with E-state index < -0.39 is 6.04 Å². The molecule has 0 bridgehead atoms. The molecule has 1 saturated heterocycles. The summed E-state index contributed by atoms with van der Waals surface area (Å²) in [5.74, 6) is -0.542. The van der Waals surface area contributed by atoms with Crippen molar-refractivity contribution < 1.29 is 18.9 Å². The highest BCUT2D eigenvalue weighted by Crippen LogP contribution is 2.24. The van der Waals surface area contributed by atoms with Crippen LogP contribution < -0.4 is 15.2 Å². The summed E-state index contributed by atoms with van der Waals surface area (Å²) in [4.78, 5) is 36.2. The lowest BCUT2D eigenvalue weighted by Crippen LogP contribution is -2.55. The van der Waals surface area contributed by atoms with Crippen molar-refractivity contribution in [3.63, 3.8) is 0 Å². The van der Waals surface area contributed by atoms with Crippen molar-refractivity contribution in [3.05, 3.63) is 78.9 Å². The third kappa shape index (κ3) is 8.26. The first kappa shape index (κ1) is 29.6. The Morgan fingerprint density at radius 3 is 2.79 bits per heavy atom.